The summed E-state index contributed by atoms with van der Waals surface area (Å²) in [4.78, 5) is 27.3. The number of amides is 2. The number of nitrogens with zero attached hydrogens (tertiary/aromatic N) is 1. The van der Waals surface area contributed by atoms with Crippen molar-refractivity contribution in [3.63, 3.8) is 0 Å². The molecule has 0 saturated carbocycles. The van der Waals surface area contributed by atoms with Gasteiger partial charge in [-0.1, -0.05) is 44.2 Å². The molecule has 27 heavy (non-hydrogen) atoms. The van der Waals surface area contributed by atoms with Crippen LogP contribution in [0, 0.1) is 5.92 Å². The summed E-state index contributed by atoms with van der Waals surface area (Å²) in [6, 6.07) is 16.7. The van der Waals surface area contributed by atoms with Gasteiger partial charge < -0.3 is 10.1 Å². The zero-order chi connectivity index (χ0) is 19.4. The standard InChI is InChI=1S/C22H24N2O3/c1-4-27-18-12-10-16(11-13-18)19-20(23-17-8-6-5-7-9-17)22(26)24(21(19)25)14-15(2)3/h5-13,15,23H,4,14H2,1-3H3. The highest BCUT2D eigenvalue weighted by molar-refractivity contribution is 6.36. The molecule has 0 unspecified atom stereocenters. The lowest BCUT2D eigenvalue weighted by molar-refractivity contribution is -0.137. The maximum absolute atomic E-state index is 13.0. The summed E-state index contributed by atoms with van der Waals surface area (Å²) in [5, 5.41) is 3.15. The van der Waals surface area contributed by atoms with Crippen molar-refractivity contribution in [2.24, 2.45) is 5.92 Å². The molecule has 1 heterocycles. The minimum atomic E-state index is -0.290. The van der Waals surface area contributed by atoms with Crippen LogP contribution in [0.1, 0.15) is 26.3 Å². The minimum absolute atomic E-state index is 0.190. The van der Waals surface area contributed by atoms with Crippen molar-refractivity contribution in [2.45, 2.75) is 20.8 Å². The number of hydrogen-bond acceptors (Lipinski definition) is 4. The number of rotatable bonds is 7. The smallest absolute Gasteiger partial charge is 0.278 e. The van der Waals surface area contributed by atoms with Crippen LogP contribution < -0.4 is 10.1 Å². The summed E-state index contributed by atoms with van der Waals surface area (Å²) in [5.41, 5.74) is 2.17. The molecule has 0 bridgehead atoms. The molecule has 1 aliphatic heterocycles. The van der Waals surface area contributed by atoms with Crippen LogP contribution in [0.25, 0.3) is 5.57 Å². The van der Waals surface area contributed by atoms with Crippen molar-refractivity contribution in [1.82, 2.24) is 4.90 Å². The minimum Gasteiger partial charge on any atom is -0.494 e. The Hall–Kier alpha value is -3.08. The fourth-order valence-electron chi connectivity index (χ4n) is 3.04. The predicted molar refractivity (Wildman–Crippen MR) is 106 cm³/mol. The number of para-hydroxylation sites is 1. The topological polar surface area (TPSA) is 58.6 Å². The van der Waals surface area contributed by atoms with Gasteiger partial charge in [0.05, 0.1) is 12.2 Å². The Balaban J connectivity index is 2.01. The molecule has 2 aromatic carbocycles. The first-order chi connectivity index (χ1) is 13.0. The molecule has 5 heteroatoms. The fourth-order valence-corrected chi connectivity index (χ4v) is 3.04. The number of benzene rings is 2. The summed E-state index contributed by atoms with van der Waals surface area (Å²) < 4.78 is 5.47. The second kappa shape index (κ2) is 8.08. The lowest BCUT2D eigenvalue weighted by Gasteiger charge is -2.17. The summed E-state index contributed by atoms with van der Waals surface area (Å²) in [6.45, 7) is 6.85. The molecule has 0 saturated heterocycles. The van der Waals surface area contributed by atoms with Gasteiger partial charge >= 0.3 is 0 Å². The van der Waals surface area contributed by atoms with E-state index in [-0.39, 0.29) is 17.7 Å². The Morgan fingerprint density at radius 1 is 0.963 bits per heavy atom. The van der Waals surface area contributed by atoms with Crippen molar-refractivity contribution in [2.75, 3.05) is 18.5 Å². The van der Waals surface area contributed by atoms with Gasteiger partial charge in [-0.05, 0) is 42.7 Å². The zero-order valence-corrected chi connectivity index (χ0v) is 15.9. The van der Waals surface area contributed by atoms with E-state index in [1.54, 1.807) is 0 Å². The molecular weight excluding hydrogens is 340 g/mol. The molecule has 140 valence electrons. The van der Waals surface area contributed by atoms with E-state index < -0.39 is 0 Å². The predicted octanol–water partition coefficient (Wildman–Crippen LogP) is 3.93. The van der Waals surface area contributed by atoms with Crippen LogP contribution in [-0.2, 0) is 9.59 Å². The lowest BCUT2D eigenvalue weighted by atomic mass is 10.0. The maximum Gasteiger partial charge on any atom is 0.278 e. The first-order valence-electron chi connectivity index (χ1n) is 9.17. The molecule has 2 aromatic rings. The fraction of sp³-hybridized carbons (Fsp3) is 0.273. The van der Waals surface area contributed by atoms with Gasteiger partial charge in [0.15, 0.2) is 0 Å². The molecule has 5 nitrogen and oxygen atoms in total. The van der Waals surface area contributed by atoms with Crippen LogP contribution in [0.5, 0.6) is 5.75 Å². The van der Waals surface area contributed by atoms with Gasteiger partial charge in [-0.25, -0.2) is 0 Å². The van der Waals surface area contributed by atoms with Gasteiger partial charge in [0.2, 0.25) is 0 Å². The van der Waals surface area contributed by atoms with Gasteiger partial charge in [-0.15, -0.1) is 0 Å². The third-order valence-electron chi connectivity index (χ3n) is 4.21. The molecule has 1 N–H and O–H groups in total. The molecule has 2 amide bonds. The lowest BCUT2D eigenvalue weighted by Crippen LogP contribution is -2.35. The SMILES string of the molecule is CCOc1ccc(C2=C(Nc3ccccc3)C(=O)N(CC(C)C)C2=O)cc1. The van der Waals surface area contributed by atoms with Crippen molar-refractivity contribution in [3.05, 3.63) is 65.9 Å². The Morgan fingerprint density at radius 3 is 2.22 bits per heavy atom. The average molecular weight is 364 g/mol. The number of hydrogen-bond donors (Lipinski definition) is 1. The van der Waals surface area contributed by atoms with Crippen molar-refractivity contribution >= 4 is 23.1 Å². The third kappa shape index (κ3) is 4.03. The molecule has 0 spiro atoms. The summed E-state index contributed by atoms with van der Waals surface area (Å²) in [7, 11) is 0. The number of imide groups is 1. The first-order valence-corrected chi connectivity index (χ1v) is 9.17. The maximum atomic E-state index is 13.0. The summed E-state index contributed by atoms with van der Waals surface area (Å²) in [5.74, 6) is 0.364. The molecule has 0 fully saturated rings. The Labute approximate surface area is 159 Å². The average Bonchev–Trinajstić information content (AvgIpc) is 2.88. The number of nitrogens with one attached hydrogen (secondary N) is 1. The Kier molecular flexibility index (Phi) is 5.60. The van der Waals surface area contributed by atoms with Crippen LogP contribution in [-0.4, -0.2) is 29.9 Å². The van der Waals surface area contributed by atoms with E-state index in [0.717, 1.165) is 11.4 Å². The summed E-state index contributed by atoms with van der Waals surface area (Å²) in [6.07, 6.45) is 0. The van der Waals surface area contributed by atoms with Gasteiger partial charge in [0.1, 0.15) is 11.4 Å². The summed E-state index contributed by atoms with van der Waals surface area (Å²) >= 11 is 0. The second-order valence-corrected chi connectivity index (χ2v) is 6.81. The molecule has 3 rings (SSSR count). The van der Waals surface area contributed by atoms with Crippen LogP contribution in [0.15, 0.2) is 60.3 Å². The third-order valence-corrected chi connectivity index (χ3v) is 4.21. The van der Waals surface area contributed by atoms with Gasteiger partial charge in [0.25, 0.3) is 11.8 Å². The van der Waals surface area contributed by atoms with E-state index in [0.29, 0.717) is 30.0 Å². The molecular formula is C22H24N2O3. The Bertz CT molecular complexity index is 855. The first kappa shape index (κ1) is 18.7. The van der Waals surface area contributed by atoms with E-state index in [2.05, 4.69) is 5.32 Å². The van der Waals surface area contributed by atoms with Crippen molar-refractivity contribution in [3.8, 4) is 5.75 Å². The van der Waals surface area contributed by atoms with Crippen molar-refractivity contribution < 1.29 is 14.3 Å². The number of anilines is 1. The van der Waals surface area contributed by atoms with E-state index >= 15 is 0 Å². The van der Waals surface area contributed by atoms with Gasteiger partial charge in [-0.3, -0.25) is 14.5 Å². The van der Waals surface area contributed by atoms with E-state index in [9.17, 15) is 9.59 Å². The highest BCUT2D eigenvalue weighted by atomic mass is 16.5. The number of carbonyl (C=O) groups excluding carboxylic acids is 2. The van der Waals surface area contributed by atoms with Gasteiger partial charge in [-0.2, -0.15) is 0 Å². The second-order valence-electron chi connectivity index (χ2n) is 6.81. The highest BCUT2D eigenvalue weighted by Gasteiger charge is 2.39. The number of ether oxygens (including phenoxy) is 1. The van der Waals surface area contributed by atoms with Crippen LogP contribution >= 0.6 is 0 Å². The van der Waals surface area contributed by atoms with Crippen molar-refractivity contribution in [1.29, 1.82) is 0 Å². The normalized spacial score (nSPS) is 14.3. The van der Waals surface area contributed by atoms with E-state index in [1.165, 1.54) is 4.90 Å². The molecule has 0 atom stereocenters. The molecule has 0 aromatic heterocycles. The van der Waals surface area contributed by atoms with E-state index in [4.69, 9.17) is 4.74 Å². The van der Waals surface area contributed by atoms with Crippen LogP contribution in [0.4, 0.5) is 5.69 Å². The Morgan fingerprint density at radius 2 is 1.63 bits per heavy atom. The highest BCUT2D eigenvalue weighted by Crippen LogP contribution is 2.31. The van der Waals surface area contributed by atoms with Crippen LogP contribution in [0.3, 0.4) is 0 Å². The molecule has 1 aliphatic rings. The largest absolute Gasteiger partial charge is 0.494 e. The monoisotopic (exact) mass is 364 g/mol. The quantitative estimate of drug-likeness (QED) is 0.756. The van der Waals surface area contributed by atoms with E-state index in [1.807, 2.05) is 75.4 Å². The zero-order valence-electron chi connectivity index (χ0n) is 15.9. The molecule has 0 aliphatic carbocycles. The molecule has 0 radical (unpaired) electrons. The van der Waals surface area contributed by atoms with Gasteiger partial charge in [0, 0.05) is 12.2 Å². The number of carbonyl (C=O) groups is 2. The van der Waals surface area contributed by atoms with Crippen LogP contribution in [0.2, 0.25) is 0 Å².